The van der Waals surface area contributed by atoms with E-state index in [0.29, 0.717) is 0 Å². The van der Waals surface area contributed by atoms with E-state index in [0.717, 1.165) is 29.4 Å². The molecule has 0 aliphatic heterocycles. The zero-order valence-corrected chi connectivity index (χ0v) is 13.1. The summed E-state index contributed by atoms with van der Waals surface area (Å²) in [5, 5.41) is 1.03. The average molecular weight is 303 g/mol. The van der Waals surface area contributed by atoms with Gasteiger partial charge in [0.1, 0.15) is 0 Å². The van der Waals surface area contributed by atoms with Crippen LogP contribution in [0.1, 0.15) is 17.3 Å². The molecule has 0 spiro atoms. The van der Waals surface area contributed by atoms with Crippen LogP contribution in [-0.2, 0) is 11.2 Å². The Morgan fingerprint density at radius 2 is 2.00 bits per heavy atom. The van der Waals surface area contributed by atoms with Crippen molar-refractivity contribution in [1.29, 1.82) is 0 Å². The maximum absolute atomic E-state index is 12.5. The third kappa shape index (κ3) is 3.46. The van der Waals surface area contributed by atoms with E-state index >= 15 is 0 Å². The minimum atomic E-state index is -0.954. The van der Waals surface area contributed by atoms with Crippen molar-refractivity contribution in [3.8, 4) is 0 Å². The van der Waals surface area contributed by atoms with Crippen LogP contribution >= 0.6 is 0 Å². The summed E-state index contributed by atoms with van der Waals surface area (Å²) in [4.78, 5) is 25.4. The van der Waals surface area contributed by atoms with E-state index < -0.39 is 12.2 Å². The van der Waals surface area contributed by atoms with Gasteiger partial charge in [0, 0.05) is 18.1 Å². The molecule has 1 unspecified atom stereocenters. The van der Waals surface area contributed by atoms with E-state index in [2.05, 4.69) is 4.90 Å². The molecule has 1 aromatic carbocycles. The second kappa shape index (κ2) is 6.62. The van der Waals surface area contributed by atoms with Gasteiger partial charge in [-0.3, -0.25) is 9.36 Å². The molecule has 22 heavy (non-hydrogen) atoms. The number of nitrogens with two attached hydrogens (primary N) is 1. The number of primary amides is 1. The second-order valence-corrected chi connectivity index (χ2v) is 5.51. The summed E-state index contributed by atoms with van der Waals surface area (Å²) < 4.78 is 6.32. The lowest BCUT2D eigenvalue weighted by molar-refractivity contribution is 0.0616. The Bertz CT molecular complexity index is 691. The number of nitrogens with zero attached hydrogens (tertiary/aromatic N) is 2. The molecule has 0 aliphatic carbocycles. The lowest BCUT2D eigenvalue weighted by Crippen LogP contribution is -2.30. The summed E-state index contributed by atoms with van der Waals surface area (Å²) in [5.74, 6) is -0.314. The van der Waals surface area contributed by atoms with Gasteiger partial charge in [-0.1, -0.05) is 18.2 Å². The smallest absolute Gasteiger partial charge is 0.405 e. The van der Waals surface area contributed by atoms with Gasteiger partial charge in [-0.05, 0) is 39.1 Å². The number of carbonyl (C=O) groups excluding carboxylic acids is 2. The van der Waals surface area contributed by atoms with Crippen LogP contribution in [-0.4, -0.2) is 48.2 Å². The van der Waals surface area contributed by atoms with Crippen LogP contribution in [0.5, 0.6) is 0 Å². The average Bonchev–Trinajstić information content (AvgIpc) is 2.82. The monoisotopic (exact) mass is 303 g/mol. The fourth-order valence-electron chi connectivity index (χ4n) is 2.40. The molecular weight excluding hydrogens is 282 g/mol. The molecule has 118 valence electrons. The van der Waals surface area contributed by atoms with Gasteiger partial charge in [-0.2, -0.15) is 0 Å². The number of ether oxygens (including phenoxy) is 1. The first-order chi connectivity index (χ1) is 10.4. The largest absolute Gasteiger partial charge is 0.437 e. The van der Waals surface area contributed by atoms with Gasteiger partial charge in [-0.25, -0.2) is 4.79 Å². The number of rotatable bonds is 5. The van der Waals surface area contributed by atoms with E-state index in [9.17, 15) is 9.59 Å². The molecule has 2 aromatic rings. The highest BCUT2D eigenvalue weighted by Gasteiger charge is 2.21. The number of benzene rings is 1. The zero-order valence-electron chi connectivity index (χ0n) is 13.1. The highest BCUT2D eigenvalue weighted by atomic mass is 16.6. The summed E-state index contributed by atoms with van der Waals surface area (Å²) in [6, 6.07) is 7.69. The van der Waals surface area contributed by atoms with Crippen LogP contribution in [0.15, 0.2) is 30.5 Å². The van der Waals surface area contributed by atoms with Crippen molar-refractivity contribution < 1.29 is 14.3 Å². The van der Waals surface area contributed by atoms with Crippen molar-refractivity contribution in [2.24, 2.45) is 5.73 Å². The Morgan fingerprint density at radius 1 is 1.32 bits per heavy atom. The normalized spacial score (nSPS) is 12.5. The number of amides is 1. The number of carbonyl (C=O) groups is 2. The molecule has 1 atom stereocenters. The molecule has 1 heterocycles. The van der Waals surface area contributed by atoms with Gasteiger partial charge < -0.3 is 15.4 Å². The predicted octanol–water partition coefficient (Wildman–Crippen LogP) is 1.87. The Hall–Kier alpha value is -2.34. The third-order valence-corrected chi connectivity index (χ3v) is 3.50. The summed E-state index contributed by atoms with van der Waals surface area (Å²) in [6.07, 6.45) is 0.774. The summed E-state index contributed by atoms with van der Waals surface area (Å²) in [5.41, 5.74) is 6.87. The SMILES string of the molecule is CC(OC(N)=O)C(=O)n1cc(CCN(C)C)c2ccccc21. The third-order valence-electron chi connectivity index (χ3n) is 3.50. The Kier molecular flexibility index (Phi) is 4.82. The summed E-state index contributed by atoms with van der Waals surface area (Å²) >= 11 is 0. The molecule has 6 heteroatoms. The molecule has 0 saturated heterocycles. The fourth-order valence-corrected chi connectivity index (χ4v) is 2.40. The summed E-state index contributed by atoms with van der Waals surface area (Å²) in [7, 11) is 4.01. The first-order valence-electron chi connectivity index (χ1n) is 7.14. The van der Waals surface area contributed by atoms with Gasteiger partial charge in [0.05, 0.1) is 5.52 Å². The lowest BCUT2D eigenvalue weighted by atomic mass is 10.1. The van der Waals surface area contributed by atoms with Crippen molar-refractivity contribution in [2.75, 3.05) is 20.6 Å². The van der Waals surface area contributed by atoms with E-state index in [4.69, 9.17) is 10.5 Å². The van der Waals surface area contributed by atoms with Gasteiger partial charge in [0.2, 0.25) is 0 Å². The Morgan fingerprint density at radius 3 is 2.64 bits per heavy atom. The lowest BCUT2D eigenvalue weighted by Gasteiger charge is -2.11. The van der Waals surface area contributed by atoms with E-state index in [-0.39, 0.29) is 5.91 Å². The molecule has 0 fully saturated rings. The number of fused-ring (bicyclic) bond motifs is 1. The molecular formula is C16H21N3O3. The van der Waals surface area contributed by atoms with Crippen molar-refractivity contribution in [3.05, 3.63) is 36.0 Å². The molecule has 0 bridgehead atoms. The number of hydrogen-bond donors (Lipinski definition) is 1. The van der Waals surface area contributed by atoms with Crippen LogP contribution in [0.3, 0.4) is 0 Å². The van der Waals surface area contributed by atoms with E-state index in [1.54, 1.807) is 0 Å². The topological polar surface area (TPSA) is 77.6 Å². The quantitative estimate of drug-likeness (QED) is 0.914. The van der Waals surface area contributed by atoms with Crippen LogP contribution in [0.2, 0.25) is 0 Å². The molecule has 0 saturated carbocycles. The highest BCUT2D eigenvalue weighted by Crippen LogP contribution is 2.22. The molecule has 1 amide bonds. The van der Waals surface area contributed by atoms with Crippen LogP contribution < -0.4 is 5.73 Å². The maximum Gasteiger partial charge on any atom is 0.405 e. The number of aromatic nitrogens is 1. The van der Waals surface area contributed by atoms with Crippen LogP contribution in [0, 0.1) is 0 Å². The minimum Gasteiger partial charge on any atom is -0.437 e. The van der Waals surface area contributed by atoms with Crippen molar-refractivity contribution in [1.82, 2.24) is 9.47 Å². The van der Waals surface area contributed by atoms with E-state index in [1.807, 2.05) is 44.6 Å². The van der Waals surface area contributed by atoms with Crippen molar-refractivity contribution in [3.63, 3.8) is 0 Å². The highest BCUT2D eigenvalue weighted by molar-refractivity contribution is 5.96. The number of likely N-dealkylation sites (N-methyl/N-ethyl adjacent to an activating group) is 1. The molecule has 0 aliphatic rings. The second-order valence-electron chi connectivity index (χ2n) is 5.51. The molecule has 6 nitrogen and oxygen atoms in total. The zero-order chi connectivity index (χ0) is 16.3. The fraction of sp³-hybridized carbons (Fsp3) is 0.375. The van der Waals surface area contributed by atoms with Gasteiger partial charge in [0.15, 0.2) is 6.10 Å². The van der Waals surface area contributed by atoms with Crippen molar-refractivity contribution in [2.45, 2.75) is 19.4 Å². The van der Waals surface area contributed by atoms with Gasteiger partial charge >= 0.3 is 6.09 Å². The maximum atomic E-state index is 12.5. The van der Waals surface area contributed by atoms with Crippen LogP contribution in [0.25, 0.3) is 10.9 Å². The Labute approximate surface area is 129 Å². The Balaban J connectivity index is 2.37. The standard InChI is InChI=1S/C16H21N3O3/c1-11(22-16(17)21)15(20)19-10-12(8-9-18(2)3)13-6-4-5-7-14(13)19/h4-7,10-11H,8-9H2,1-3H3,(H2,17,21). The van der Waals surface area contributed by atoms with Gasteiger partial charge in [-0.15, -0.1) is 0 Å². The molecule has 1 aromatic heterocycles. The predicted molar refractivity (Wildman–Crippen MR) is 85.0 cm³/mol. The first-order valence-corrected chi connectivity index (χ1v) is 7.14. The number of para-hydroxylation sites is 1. The summed E-state index contributed by atoms with van der Waals surface area (Å²) in [6.45, 7) is 2.40. The van der Waals surface area contributed by atoms with E-state index in [1.165, 1.54) is 11.5 Å². The molecule has 2 rings (SSSR count). The first kappa shape index (κ1) is 16.0. The number of hydrogen-bond acceptors (Lipinski definition) is 4. The van der Waals surface area contributed by atoms with Gasteiger partial charge in [0.25, 0.3) is 5.91 Å². The molecule has 2 N–H and O–H groups in total. The van der Waals surface area contributed by atoms with Crippen LogP contribution in [0.4, 0.5) is 4.79 Å². The molecule has 0 radical (unpaired) electrons. The minimum absolute atomic E-state index is 0.314. The van der Waals surface area contributed by atoms with Crippen molar-refractivity contribution >= 4 is 22.9 Å².